The lowest BCUT2D eigenvalue weighted by Crippen LogP contribution is -2.29. The summed E-state index contributed by atoms with van der Waals surface area (Å²) < 4.78 is 5.31. The van der Waals surface area contributed by atoms with Gasteiger partial charge in [0.15, 0.2) is 0 Å². The molecule has 8 heteroatoms. The Labute approximate surface area is 181 Å². The van der Waals surface area contributed by atoms with Crippen LogP contribution in [0.25, 0.3) is 11.4 Å². The number of benzene rings is 2. The second-order valence-corrected chi connectivity index (χ2v) is 7.82. The third-order valence-electron chi connectivity index (χ3n) is 5.39. The summed E-state index contributed by atoms with van der Waals surface area (Å²) in [6.07, 6.45) is 0.519. The molecule has 0 fully saturated rings. The van der Waals surface area contributed by atoms with E-state index in [4.69, 9.17) is 4.52 Å². The van der Waals surface area contributed by atoms with Gasteiger partial charge in [0, 0.05) is 37.6 Å². The number of hydrogen-bond acceptors (Lipinski definition) is 6. The van der Waals surface area contributed by atoms with Crippen molar-refractivity contribution in [1.82, 2.24) is 15.0 Å². The standard InChI is InChI=1S/C23H26N4O4/c1-15(2)17-8-10-18(11-9-17)23-24-21(31-25-23)12-13-22(28)26(4)16(3)19-6-5-7-20(14-19)27(29)30/h5-11,14-16H,12-13H2,1-4H3/t16-/m1/s1. The topological polar surface area (TPSA) is 102 Å². The molecule has 8 nitrogen and oxygen atoms in total. The van der Waals surface area contributed by atoms with Crippen LogP contribution in [0.15, 0.2) is 53.1 Å². The Balaban J connectivity index is 1.60. The van der Waals surface area contributed by atoms with Crippen molar-refractivity contribution in [2.75, 3.05) is 7.05 Å². The summed E-state index contributed by atoms with van der Waals surface area (Å²) in [6, 6.07) is 14.0. The van der Waals surface area contributed by atoms with Crippen molar-refractivity contribution in [2.24, 2.45) is 0 Å². The number of carbonyl (C=O) groups excluding carboxylic acids is 1. The summed E-state index contributed by atoms with van der Waals surface area (Å²) in [5, 5.41) is 15.0. The molecular weight excluding hydrogens is 396 g/mol. The van der Waals surface area contributed by atoms with E-state index in [0.29, 0.717) is 29.6 Å². The zero-order chi connectivity index (χ0) is 22.5. The molecule has 2 aromatic carbocycles. The molecule has 0 aliphatic rings. The van der Waals surface area contributed by atoms with Crippen molar-refractivity contribution in [2.45, 2.75) is 45.6 Å². The predicted molar refractivity (Wildman–Crippen MR) is 116 cm³/mol. The van der Waals surface area contributed by atoms with E-state index in [0.717, 1.165) is 5.56 Å². The molecule has 0 saturated heterocycles. The minimum atomic E-state index is -0.443. The van der Waals surface area contributed by atoms with Crippen LogP contribution < -0.4 is 0 Å². The molecule has 31 heavy (non-hydrogen) atoms. The van der Waals surface area contributed by atoms with E-state index < -0.39 is 4.92 Å². The van der Waals surface area contributed by atoms with E-state index in [-0.39, 0.29) is 24.1 Å². The Kier molecular flexibility index (Phi) is 6.79. The fraction of sp³-hybridized carbons (Fsp3) is 0.348. The second kappa shape index (κ2) is 9.51. The summed E-state index contributed by atoms with van der Waals surface area (Å²) in [5.41, 5.74) is 2.81. The first-order valence-corrected chi connectivity index (χ1v) is 10.2. The van der Waals surface area contributed by atoms with Gasteiger partial charge in [0.2, 0.25) is 17.6 Å². The molecule has 0 spiro atoms. The Morgan fingerprint density at radius 1 is 1.13 bits per heavy atom. The van der Waals surface area contributed by atoms with Crippen molar-refractivity contribution >= 4 is 11.6 Å². The van der Waals surface area contributed by atoms with Crippen LogP contribution in [0.2, 0.25) is 0 Å². The molecular formula is C23H26N4O4. The van der Waals surface area contributed by atoms with Gasteiger partial charge in [-0.15, -0.1) is 0 Å². The smallest absolute Gasteiger partial charge is 0.269 e. The highest BCUT2D eigenvalue weighted by atomic mass is 16.6. The molecule has 0 unspecified atom stereocenters. The highest BCUT2D eigenvalue weighted by molar-refractivity contribution is 5.76. The van der Waals surface area contributed by atoms with Gasteiger partial charge in [0.1, 0.15) is 0 Å². The predicted octanol–water partition coefficient (Wildman–Crippen LogP) is 4.92. The summed E-state index contributed by atoms with van der Waals surface area (Å²) in [5.74, 6) is 1.23. The number of amides is 1. The number of aromatic nitrogens is 2. The van der Waals surface area contributed by atoms with Gasteiger partial charge in [-0.05, 0) is 24.0 Å². The number of rotatable bonds is 8. The van der Waals surface area contributed by atoms with E-state index in [2.05, 4.69) is 24.0 Å². The highest BCUT2D eigenvalue weighted by Gasteiger charge is 2.20. The van der Waals surface area contributed by atoms with Crippen molar-refractivity contribution < 1.29 is 14.2 Å². The summed E-state index contributed by atoms with van der Waals surface area (Å²) in [6.45, 7) is 6.10. The largest absolute Gasteiger partial charge is 0.339 e. The van der Waals surface area contributed by atoms with Crippen LogP contribution in [0.5, 0.6) is 0 Å². The average Bonchev–Trinajstić information content (AvgIpc) is 3.25. The Morgan fingerprint density at radius 2 is 1.84 bits per heavy atom. The molecule has 1 aromatic heterocycles. The molecule has 1 atom stereocenters. The molecule has 3 rings (SSSR count). The number of nitrogens with zero attached hydrogens (tertiary/aromatic N) is 4. The molecule has 0 N–H and O–H groups in total. The van der Waals surface area contributed by atoms with Crippen LogP contribution in [-0.4, -0.2) is 32.9 Å². The maximum atomic E-state index is 12.6. The monoisotopic (exact) mass is 422 g/mol. The quantitative estimate of drug-likeness (QED) is 0.377. The first-order chi connectivity index (χ1) is 14.8. The van der Waals surface area contributed by atoms with E-state index in [9.17, 15) is 14.9 Å². The maximum absolute atomic E-state index is 12.6. The number of aryl methyl sites for hydroxylation is 1. The molecule has 1 heterocycles. The van der Waals surface area contributed by atoms with E-state index in [1.54, 1.807) is 24.1 Å². The van der Waals surface area contributed by atoms with Gasteiger partial charge >= 0.3 is 0 Å². The Hall–Kier alpha value is -3.55. The lowest BCUT2D eigenvalue weighted by atomic mass is 10.0. The zero-order valence-electron chi connectivity index (χ0n) is 18.1. The molecule has 0 bridgehead atoms. The van der Waals surface area contributed by atoms with Gasteiger partial charge in [-0.2, -0.15) is 4.98 Å². The number of carbonyl (C=O) groups is 1. The SMILES string of the molecule is CC(C)c1ccc(-c2noc(CCC(=O)N(C)[C@H](C)c3cccc([N+](=O)[O-])c3)n2)cc1. The highest BCUT2D eigenvalue weighted by Crippen LogP contribution is 2.24. The van der Waals surface area contributed by atoms with E-state index in [1.165, 1.54) is 17.7 Å². The van der Waals surface area contributed by atoms with Crippen LogP contribution in [0, 0.1) is 10.1 Å². The molecule has 0 aliphatic carbocycles. The summed E-state index contributed by atoms with van der Waals surface area (Å²) >= 11 is 0. The van der Waals surface area contributed by atoms with Gasteiger partial charge in [-0.25, -0.2) is 0 Å². The first kappa shape index (κ1) is 22.1. The second-order valence-electron chi connectivity index (χ2n) is 7.82. The van der Waals surface area contributed by atoms with Crippen LogP contribution in [-0.2, 0) is 11.2 Å². The van der Waals surface area contributed by atoms with Crippen LogP contribution in [0.4, 0.5) is 5.69 Å². The Morgan fingerprint density at radius 3 is 2.48 bits per heavy atom. The lowest BCUT2D eigenvalue weighted by Gasteiger charge is -2.25. The number of non-ortho nitro benzene ring substituents is 1. The van der Waals surface area contributed by atoms with Crippen molar-refractivity contribution in [3.63, 3.8) is 0 Å². The van der Waals surface area contributed by atoms with Gasteiger partial charge in [0.05, 0.1) is 11.0 Å². The van der Waals surface area contributed by atoms with Crippen molar-refractivity contribution in [1.29, 1.82) is 0 Å². The number of nitro groups is 1. The minimum absolute atomic E-state index is 0.00464. The molecule has 3 aromatic rings. The molecule has 0 aliphatic heterocycles. The van der Waals surface area contributed by atoms with Gasteiger partial charge in [0.25, 0.3) is 5.69 Å². The van der Waals surface area contributed by atoms with Crippen molar-refractivity contribution in [3.05, 3.63) is 75.7 Å². The molecule has 0 saturated carbocycles. The molecule has 1 amide bonds. The fourth-order valence-electron chi connectivity index (χ4n) is 3.22. The third-order valence-corrected chi connectivity index (χ3v) is 5.39. The Bertz CT molecular complexity index is 1060. The minimum Gasteiger partial charge on any atom is -0.339 e. The van der Waals surface area contributed by atoms with Crippen molar-refractivity contribution in [3.8, 4) is 11.4 Å². The molecule has 0 radical (unpaired) electrons. The van der Waals surface area contributed by atoms with Gasteiger partial charge in [-0.1, -0.05) is 55.4 Å². The van der Waals surface area contributed by atoms with Gasteiger partial charge < -0.3 is 9.42 Å². The van der Waals surface area contributed by atoms with Crippen LogP contribution in [0.3, 0.4) is 0 Å². The summed E-state index contributed by atoms with van der Waals surface area (Å²) in [4.78, 5) is 29.1. The van der Waals surface area contributed by atoms with Crippen LogP contribution >= 0.6 is 0 Å². The number of hydrogen-bond donors (Lipinski definition) is 0. The van der Waals surface area contributed by atoms with Gasteiger partial charge in [-0.3, -0.25) is 14.9 Å². The normalized spacial score (nSPS) is 12.0. The third kappa shape index (κ3) is 5.33. The average molecular weight is 422 g/mol. The van der Waals surface area contributed by atoms with E-state index in [1.807, 2.05) is 31.2 Å². The van der Waals surface area contributed by atoms with Crippen LogP contribution in [0.1, 0.15) is 56.2 Å². The summed E-state index contributed by atoms with van der Waals surface area (Å²) in [7, 11) is 1.68. The number of nitro benzene ring substituents is 1. The molecule has 162 valence electrons. The first-order valence-electron chi connectivity index (χ1n) is 10.2. The fourth-order valence-corrected chi connectivity index (χ4v) is 3.22. The lowest BCUT2D eigenvalue weighted by molar-refractivity contribution is -0.384. The maximum Gasteiger partial charge on any atom is 0.269 e. The zero-order valence-corrected chi connectivity index (χ0v) is 18.1. The van der Waals surface area contributed by atoms with E-state index >= 15 is 0 Å².